The summed E-state index contributed by atoms with van der Waals surface area (Å²) in [5.74, 6) is 0.00633. The van der Waals surface area contributed by atoms with Crippen LogP contribution >= 0.6 is 23.4 Å². The van der Waals surface area contributed by atoms with Crippen molar-refractivity contribution in [2.45, 2.75) is 79.5 Å². The smallest absolute Gasteiger partial charge is 0.409 e. The van der Waals surface area contributed by atoms with E-state index >= 15 is 0 Å². The Morgan fingerprint density at radius 1 is 0.976 bits per heavy atom. The summed E-state index contributed by atoms with van der Waals surface area (Å²) in [7, 11) is 0. The zero-order chi connectivity index (χ0) is 31.9. The highest BCUT2D eigenvalue weighted by Crippen LogP contribution is 2.38. The molecule has 0 atom stereocenters. The van der Waals surface area contributed by atoms with Crippen molar-refractivity contribution in [3.8, 4) is 0 Å². The SMILES string of the molecule is C=C1N=C(c2ccc(Cl)cc2)c2ccccc2S/C1=C/C=C/C(C)=O.CC.CC.CCCCN(CCC)C(=O)OCC. The molecule has 1 amide bonds. The number of ketones is 1. The molecule has 7 heteroatoms. The lowest BCUT2D eigenvalue weighted by molar-refractivity contribution is -0.112. The molecular formula is C35H49ClN2O3S. The number of hydrogen-bond acceptors (Lipinski definition) is 5. The van der Waals surface area contributed by atoms with Crippen LogP contribution in [0, 0.1) is 0 Å². The van der Waals surface area contributed by atoms with Gasteiger partial charge in [0.15, 0.2) is 5.78 Å². The molecule has 0 N–H and O–H groups in total. The molecule has 42 heavy (non-hydrogen) atoms. The second kappa shape index (κ2) is 23.5. The van der Waals surface area contributed by atoms with Crippen LogP contribution in [0.3, 0.4) is 0 Å². The van der Waals surface area contributed by atoms with E-state index in [-0.39, 0.29) is 11.9 Å². The van der Waals surface area contributed by atoms with E-state index in [1.54, 1.807) is 22.7 Å². The molecule has 0 unspecified atom stereocenters. The van der Waals surface area contributed by atoms with E-state index in [2.05, 4.69) is 32.6 Å². The van der Waals surface area contributed by atoms with Crippen molar-refractivity contribution in [1.82, 2.24) is 4.90 Å². The van der Waals surface area contributed by atoms with Crippen molar-refractivity contribution in [1.29, 1.82) is 0 Å². The van der Waals surface area contributed by atoms with Gasteiger partial charge in [0.25, 0.3) is 0 Å². The highest BCUT2D eigenvalue weighted by atomic mass is 35.5. The first-order valence-electron chi connectivity index (χ1n) is 14.9. The van der Waals surface area contributed by atoms with Crippen LogP contribution in [0.25, 0.3) is 0 Å². The molecule has 3 rings (SSSR count). The number of rotatable bonds is 9. The minimum absolute atomic E-state index is 0.00633. The zero-order valence-corrected chi connectivity index (χ0v) is 28.3. The maximum atomic E-state index is 11.3. The van der Waals surface area contributed by atoms with E-state index in [1.807, 2.05) is 77.1 Å². The highest BCUT2D eigenvalue weighted by Gasteiger charge is 2.19. The van der Waals surface area contributed by atoms with Gasteiger partial charge in [0.05, 0.1) is 18.0 Å². The predicted molar refractivity (Wildman–Crippen MR) is 183 cm³/mol. The quantitative estimate of drug-likeness (QED) is 0.264. The number of halogens is 1. The van der Waals surface area contributed by atoms with Gasteiger partial charge < -0.3 is 9.64 Å². The molecule has 0 aromatic heterocycles. The fourth-order valence-electron chi connectivity index (χ4n) is 3.54. The molecule has 0 bridgehead atoms. The van der Waals surface area contributed by atoms with E-state index < -0.39 is 0 Å². The number of allylic oxidation sites excluding steroid dienone is 3. The van der Waals surface area contributed by atoms with Gasteiger partial charge in [-0.2, -0.15) is 0 Å². The van der Waals surface area contributed by atoms with Crippen LogP contribution in [0.1, 0.15) is 85.8 Å². The lowest BCUT2D eigenvalue weighted by Gasteiger charge is -2.20. The summed E-state index contributed by atoms with van der Waals surface area (Å²) < 4.78 is 4.94. The van der Waals surface area contributed by atoms with Crippen LogP contribution in [-0.4, -0.2) is 42.2 Å². The average molecular weight is 613 g/mol. The molecule has 2 aromatic carbocycles. The first-order valence-corrected chi connectivity index (χ1v) is 16.1. The molecule has 0 fully saturated rings. The number of ether oxygens (including phenoxy) is 1. The maximum absolute atomic E-state index is 11.3. The fraction of sp³-hybridized carbons (Fsp3) is 0.400. The van der Waals surface area contributed by atoms with Crippen molar-refractivity contribution in [2.75, 3.05) is 19.7 Å². The van der Waals surface area contributed by atoms with E-state index in [4.69, 9.17) is 21.3 Å². The zero-order valence-electron chi connectivity index (χ0n) is 26.7. The van der Waals surface area contributed by atoms with Crippen molar-refractivity contribution >= 4 is 41.0 Å². The third-order valence-corrected chi connectivity index (χ3v) is 6.81. The van der Waals surface area contributed by atoms with Crippen LogP contribution in [-0.2, 0) is 9.53 Å². The number of unbranched alkanes of at least 4 members (excludes halogenated alkanes) is 1. The summed E-state index contributed by atoms with van der Waals surface area (Å²) in [5, 5.41) is 0.689. The average Bonchev–Trinajstić information content (AvgIpc) is 3.14. The molecule has 0 saturated heterocycles. The maximum Gasteiger partial charge on any atom is 0.409 e. The number of thioether (sulfide) groups is 1. The lowest BCUT2D eigenvalue weighted by atomic mass is 10.0. The van der Waals surface area contributed by atoms with Gasteiger partial charge in [-0.05, 0) is 57.0 Å². The number of benzene rings is 2. The summed E-state index contributed by atoms with van der Waals surface area (Å²) in [4.78, 5) is 31.0. The number of hydrogen-bond donors (Lipinski definition) is 0. The van der Waals surface area contributed by atoms with Gasteiger partial charge in [0.2, 0.25) is 0 Å². The van der Waals surface area contributed by atoms with Gasteiger partial charge in [-0.15, -0.1) is 0 Å². The number of fused-ring (bicyclic) bond motifs is 1. The number of nitrogens with zero attached hydrogens (tertiary/aromatic N) is 2. The van der Waals surface area contributed by atoms with Gasteiger partial charge in [-0.25, -0.2) is 9.79 Å². The summed E-state index contributed by atoms with van der Waals surface area (Å²) in [6.07, 6.45) is 8.13. The first kappa shape index (κ1) is 38.9. The van der Waals surface area contributed by atoms with E-state index in [9.17, 15) is 9.59 Å². The Morgan fingerprint density at radius 2 is 1.62 bits per heavy atom. The van der Waals surface area contributed by atoms with Gasteiger partial charge in [-0.1, -0.05) is 114 Å². The summed E-state index contributed by atoms with van der Waals surface area (Å²) in [6, 6.07) is 15.7. The van der Waals surface area contributed by atoms with Crippen LogP contribution in [0.4, 0.5) is 4.79 Å². The Hall–Kier alpha value is -3.09. The third-order valence-electron chi connectivity index (χ3n) is 5.39. The molecule has 0 saturated carbocycles. The minimum Gasteiger partial charge on any atom is -0.450 e. The highest BCUT2D eigenvalue weighted by molar-refractivity contribution is 8.03. The topological polar surface area (TPSA) is 59.0 Å². The fourth-order valence-corrected chi connectivity index (χ4v) is 4.63. The number of carbonyl (C=O) groups excluding carboxylic acids is 2. The van der Waals surface area contributed by atoms with Gasteiger partial charge in [0.1, 0.15) is 0 Å². The molecule has 0 aliphatic carbocycles. The van der Waals surface area contributed by atoms with Crippen molar-refractivity contribution in [3.05, 3.63) is 100 Å². The standard InChI is InChI=1S/C21H16ClNOS.C10H21NO2.2C2H6/c1-14(24)6-5-9-19-15(2)23-21(16-10-12-17(22)13-11-16)18-7-3-4-8-20(18)25-19;1-4-7-9-11(8-5-2)10(12)13-6-3;2*1-2/h3-13H,2H2,1H3;4-9H2,1-3H3;2*1-2H3/b6-5+,19-9+;;;. The monoisotopic (exact) mass is 612 g/mol. The van der Waals surface area contributed by atoms with Gasteiger partial charge in [-0.3, -0.25) is 4.79 Å². The molecular weight excluding hydrogens is 564 g/mol. The Kier molecular flexibility index (Phi) is 21.7. The van der Waals surface area contributed by atoms with Crippen LogP contribution in [0.15, 0.2) is 93.8 Å². The van der Waals surface area contributed by atoms with E-state index in [0.29, 0.717) is 17.3 Å². The van der Waals surface area contributed by atoms with Crippen LogP contribution < -0.4 is 0 Å². The minimum atomic E-state index is -0.169. The van der Waals surface area contributed by atoms with E-state index in [1.165, 1.54) is 13.0 Å². The lowest BCUT2D eigenvalue weighted by Crippen LogP contribution is -2.33. The predicted octanol–water partition coefficient (Wildman–Crippen LogP) is 10.5. The van der Waals surface area contributed by atoms with Gasteiger partial charge >= 0.3 is 6.09 Å². The first-order chi connectivity index (χ1) is 20.3. The molecule has 1 aliphatic heterocycles. The largest absolute Gasteiger partial charge is 0.450 e. The second-order valence-electron chi connectivity index (χ2n) is 8.55. The molecule has 1 heterocycles. The molecule has 0 radical (unpaired) electrons. The molecule has 0 spiro atoms. The molecule has 1 aliphatic rings. The Morgan fingerprint density at radius 3 is 2.19 bits per heavy atom. The number of carbonyl (C=O) groups is 2. The van der Waals surface area contributed by atoms with E-state index in [0.717, 1.165) is 59.0 Å². The molecule has 230 valence electrons. The third kappa shape index (κ3) is 14.2. The Bertz CT molecular complexity index is 1190. The van der Waals surface area contributed by atoms with Crippen LogP contribution in [0.5, 0.6) is 0 Å². The normalized spacial score (nSPS) is 12.7. The summed E-state index contributed by atoms with van der Waals surface area (Å²) in [6.45, 7) is 21.7. The summed E-state index contributed by atoms with van der Waals surface area (Å²) in [5.41, 5.74) is 3.57. The second-order valence-corrected chi connectivity index (χ2v) is 10.1. The van der Waals surface area contributed by atoms with Crippen molar-refractivity contribution < 1.29 is 14.3 Å². The number of amides is 1. The Labute approximate surface area is 263 Å². The van der Waals surface area contributed by atoms with Crippen LogP contribution in [0.2, 0.25) is 5.02 Å². The number of aliphatic imine (C=N–C) groups is 1. The van der Waals surface area contributed by atoms with Crippen molar-refractivity contribution in [3.63, 3.8) is 0 Å². The molecule has 2 aromatic rings. The van der Waals surface area contributed by atoms with Crippen molar-refractivity contribution in [2.24, 2.45) is 4.99 Å². The summed E-state index contributed by atoms with van der Waals surface area (Å²) >= 11 is 7.61. The molecule has 5 nitrogen and oxygen atoms in total. The van der Waals surface area contributed by atoms with Gasteiger partial charge in [0, 0.05) is 39.0 Å². The Balaban J connectivity index is 0.000000841.